The Morgan fingerprint density at radius 1 is 1.32 bits per heavy atom. The van der Waals surface area contributed by atoms with E-state index < -0.39 is 11.9 Å². The summed E-state index contributed by atoms with van der Waals surface area (Å²) in [5, 5.41) is 14.4. The van der Waals surface area contributed by atoms with Gasteiger partial charge in [0, 0.05) is 34.6 Å². The molecule has 0 aliphatic rings. The van der Waals surface area contributed by atoms with E-state index >= 15 is 4.39 Å². The first-order valence-corrected chi connectivity index (χ1v) is 9.76. The summed E-state index contributed by atoms with van der Waals surface area (Å²) in [4.78, 5) is 19.3. The predicted octanol–water partition coefficient (Wildman–Crippen LogP) is 3.75. The van der Waals surface area contributed by atoms with Gasteiger partial charge in [0.05, 0.1) is 40.9 Å². The molecule has 156 valence electrons. The fraction of sp³-hybridized carbons (Fsp3) is 0.150. The molecule has 11 heteroatoms. The Bertz CT molecular complexity index is 1450. The maximum Gasteiger partial charge on any atom is 0.212 e. The molecule has 0 saturated carbocycles. The summed E-state index contributed by atoms with van der Waals surface area (Å²) in [6, 6.07) is 1.44. The molecule has 2 N–H and O–H groups in total. The third kappa shape index (κ3) is 2.95. The molecule has 0 radical (unpaired) electrons. The van der Waals surface area contributed by atoms with Crippen molar-refractivity contribution in [2.75, 3.05) is 5.32 Å². The van der Waals surface area contributed by atoms with Gasteiger partial charge in [0.25, 0.3) is 0 Å². The number of H-pyrrole nitrogens is 1. The number of carbonyl (C=O) groups excluding carboxylic acids is 1. The summed E-state index contributed by atoms with van der Waals surface area (Å²) in [5.41, 5.74) is 3.16. The Kier molecular flexibility index (Phi) is 4.44. The van der Waals surface area contributed by atoms with E-state index in [2.05, 4.69) is 30.6 Å². The number of anilines is 1. The Morgan fingerprint density at radius 3 is 2.90 bits per heavy atom. The standard InChI is InChI=1S/C20H16ClFN8O/c1-10-3-4-26-30(10)11(2)16-19(22)18(21)17(12-5-25-28-20(12)16)13-7-29-8-14(24-9-31)27-15(29)6-23-13/h3-9,11H,1-2H3,(H,24,31)(H,25,28). The van der Waals surface area contributed by atoms with E-state index in [1.165, 1.54) is 6.20 Å². The zero-order valence-corrected chi connectivity index (χ0v) is 17.2. The molecule has 1 atom stereocenters. The number of amides is 1. The number of hydrogen-bond acceptors (Lipinski definition) is 5. The van der Waals surface area contributed by atoms with Gasteiger partial charge in [-0.05, 0) is 19.9 Å². The van der Waals surface area contributed by atoms with Crippen LogP contribution in [0, 0.1) is 12.7 Å². The Labute approximate surface area is 179 Å². The van der Waals surface area contributed by atoms with Crippen LogP contribution in [0.5, 0.6) is 0 Å². The van der Waals surface area contributed by atoms with Crippen LogP contribution in [0.25, 0.3) is 27.8 Å². The van der Waals surface area contributed by atoms with Crippen molar-refractivity contribution in [3.05, 3.63) is 59.1 Å². The Hall–Kier alpha value is -3.79. The highest BCUT2D eigenvalue weighted by molar-refractivity contribution is 6.35. The molecule has 0 fully saturated rings. The molecule has 0 saturated heterocycles. The minimum absolute atomic E-state index is 0.0567. The van der Waals surface area contributed by atoms with Crippen LogP contribution in [0.3, 0.4) is 0 Å². The molecule has 5 aromatic rings. The van der Waals surface area contributed by atoms with Crippen molar-refractivity contribution in [1.82, 2.24) is 34.3 Å². The van der Waals surface area contributed by atoms with E-state index in [4.69, 9.17) is 11.6 Å². The first-order chi connectivity index (χ1) is 15.0. The number of aromatic amines is 1. The lowest BCUT2D eigenvalue weighted by Gasteiger charge is -2.19. The average Bonchev–Trinajstić information content (AvgIpc) is 3.48. The van der Waals surface area contributed by atoms with Crippen molar-refractivity contribution in [3.63, 3.8) is 0 Å². The molecule has 5 rings (SSSR count). The third-order valence-electron chi connectivity index (χ3n) is 5.28. The van der Waals surface area contributed by atoms with E-state index in [0.717, 1.165) is 5.69 Å². The largest absolute Gasteiger partial charge is 0.312 e. The molecule has 0 aliphatic carbocycles. The lowest BCUT2D eigenvalue weighted by atomic mass is 9.98. The number of halogens is 2. The lowest BCUT2D eigenvalue weighted by Crippen LogP contribution is -2.13. The smallest absolute Gasteiger partial charge is 0.212 e. The second-order valence-corrected chi connectivity index (χ2v) is 7.47. The number of nitrogens with one attached hydrogen (secondary N) is 2. The third-order valence-corrected chi connectivity index (χ3v) is 5.64. The van der Waals surface area contributed by atoms with Crippen LogP contribution in [0.15, 0.2) is 37.1 Å². The normalized spacial score (nSPS) is 12.5. The average molecular weight is 439 g/mol. The number of aromatic nitrogens is 7. The van der Waals surface area contributed by atoms with Crippen LogP contribution in [-0.4, -0.2) is 40.8 Å². The number of aryl methyl sites for hydroxylation is 1. The molecule has 1 amide bonds. The minimum Gasteiger partial charge on any atom is -0.312 e. The Balaban J connectivity index is 1.72. The highest BCUT2D eigenvalue weighted by Crippen LogP contribution is 2.41. The molecular formula is C20H16ClFN8O. The zero-order valence-electron chi connectivity index (χ0n) is 16.5. The van der Waals surface area contributed by atoms with Gasteiger partial charge in [-0.15, -0.1) is 0 Å². The monoisotopic (exact) mass is 438 g/mol. The molecule has 0 spiro atoms. The zero-order chi connectivity index (χ0) is 21.7. The van der Waals surface area contributed by atoms with Gasteiger partial charge < -0.3 is 9.72 Å². The fourth-order valence-corrected chi connectivity index (χ4v) is 4.15. The van der Waals surface area contributed by atoms with Crippen molar-refractivity contribution in [2.45, 2.75) is 19.9 Å². The van der Waals surface area contributed by atoms with Crippen LogP contribution in [0.2, 0.25) is 5.02 Å². The highest BCUT2D eigenvalue weighted by atomic mass is 35.5. The van der Waals surface area contributed by atoms with Gasteiger partial charge in [-0.1, -0.05) is 11.6 Å². The van der Waals surface area contributed by atoms with Crippen LogP contribution >= 0.6 is 11.6 Å². The second-order valence-electron chi connectivity index (χ2n) is 7.09. The molecule has 9 nitrogen and oxygen atoms in total. The number of fused-ring (bicyclic) bond motifs is 2. The van der Waals surface area contributed by atoms with Gasteiger partial charge in [0.1, 0.15) is 5.82 Å². The second kappa shape index (κ2) is 7.17. The lowest BCUT2D eigenvalue weighted by molar-refractivity contribution is -0.105. The molecule has 1 unspecified atom stereocenters. The molecule has 1 aromatic carbocycles. The van der Waals surface area contributed by atoms with Crippen LogP contribution in [0.1, 0.15) is 24.2 Å². The summed E-state index contributed by atoms with van der Waals surface area (Å²) in [6.07, 6.45) is 8.63. The van der Waals surface area contributed by atoms with Crippen molar-refractivity contribution in [3.8, 4) is 11.3 Å². The van der Waals surface area contributed by atoms with Crippen LogP contribution < -0.4 is 5.32 Å². The minimum atomic E-state index is -0.563. The molecule has 4 heterocycles. The van der Waals surface area contributed by atoms with Gasteiger partial charge in [-0.25, -0.2) is 9.37 Å². The number of hydrogen-bond donors (Lipinski definition) is 2. The maximum absolute atomic E-state index is 15.6. The van der Waals surface area contributed by atoms with E-state index in [-0.39, 0.29) is 5.02 Å². The van der Waals surface area contributed by atoms with E-state index in [0.29, 0.717) is 45.6 Å². The number of rotatable bonds is 5. The number of carbonyl (C=O) groups is 1. The van der Waals surface area contributed by atoms with Crippen molar-refractivity contribution >= 4 is 40.4 Å². The predicted molar refractivity (Wildman–Crippen MR) is 114 cm³/mol. The van der Waals surface area contributed by atoms with E-state index in [1.54, 1.807) is 33.9 Å². The van der Waals surface area contributed by atoms with Crippen molar-refractivity contribution in [1.29, 1.82) is 0 Å². The summed E-state index contributed by atoms with van der Waals surface area (Å²) >= 11 is 6.55. The molecule has 31 heavy (non-hydrogen) atoms. The van der Waals surface area contributed by atoms with Gasteiger partial charge in [0.15, 0.2) is 11.5 Å². The van der Waals surface area contributed by atoms with E-state index in [9.17, 15) is 4.79 Å². The van der Waals surface area contributed by atoms with E-state index in [1.807, 2.05) is 19.9 Å². The Morgan fingerprint density at radius 2 is 2.16 bits per heavy atom. The molecular weight excluding hydrogens is 423 g/mol. The summed E-state index contributed by atoms with van der Waals surface area (Å²) in [5.74, 6) is -0.190. The van der Waals surface area contributed by atoms with Crippen LogP contribution in [0.4, 0.5) is 10.2 Å². The molecule has 0 aliphatic heterocycles. The summed E-state index contributed by atoms with van der Waals surface area (Å²) < 4.78 is 19.0. The highest BCUT2D eigenvalue weighted by Gasteiger charge is 2.26. The SMILES string of the molecule is Cc1ccnn1C(C)c1c(F)c(Cl)c(-c2cn3cc(NC=O)nc3cn2)c2cn[nH]c12. The topological polar surface area (TPSA) is 106 Å². The fourth-order valence-electron chi connectivity index (χ4n) is 3.85. The molecule has 4 aromatic heterocycles. The molecule has 0 bridgehead atoms. The van der Waals surface area contributed by atoms with Gasteiger partial charge >= 0.3 is 0 Å². The maximum atomic E-state index is 15.6. The summed E-state index contributed by atoms with van der Waals surface area (Å²) in [7, 11) is 0. The van der Waals surface area contributed by atoms with Crippen molar-refractivity contribution in [2.24, 2.45) is 0 Å². The number of imidazole rings is 1. The summed E-state index contributed by atoms with van der Waals surface area (Å²) in [6.45, 7) is 3.76. The van der Waals surface area contributed by atoms with Gasteiger partial charge in [-0.2, -0.15) is 10.2 Å². The van der Waals surface area contributed by atoms with Crippen LogP contribution in [-0.2, 0) is 4.79 Å². The first-order valence-electron chi connectivity index (χ1n) is 9.39. The van der Waals surface area contributed by atoms with Gasteiger partial charge in [-0.3, -0.25) is 19.6 Å². The van der Waals surface area contributed by atoms with Crippen molar-refractivity contribution < 1.29 is 9.18 Å². The first kappa shape index (κ1) is 19.2. The van der Waals surface area contributed by atoms with Gasteiger partial charge in [0.2, 0.25) is 6.41 Å². The number of nitrogens with zero attached hydrogens (tertiary/aromatic N) is 6. The quantitative estimate of drug-likeness (QED) is 0.406. The number of benzene rings is 1.